The van der Waals surface area contributed by atoms with Crippen LogP contribution in [0.1, 0.15) is 53.6 Å². The van der Waals surface area contributed by atoms with E-state index < -0.39 is 23.5 Å². The molecule has 180 valence electrons. The van der Waals surface area contributed by atoms with Gasteiger partial charge in [-0.1, -0.05) is 26.0 Å². The maximum absolute atomic E-state index is 13.7. The van der Waals surface area contributed by atoms with E-state index in [0.29, 0.717) is 22.4 Å². The van der Waals surface area contributed by atoms with Crippen molar-refractivity contribution < 1.29 is 23.8 Å². The molecule has 1 unspecified atom stereocenters. The summed E-state index contributed by atoms with van der Waals surface area (Å²) in [4.78, 5) is 31.9. The number of carbonyl (C=O) groups is 2. The van der Waals surface area contributed by atoms with E-state index in [1.807, 2.05) is 26.8 Å². The molecule has 6 nitrogen and oxygen atoms in total. The molecule has 0 spiro atoms. The van der Waals surface area contributed by atoms with Crippen molar-refractivity contribution in [1.29, 1.82) is 0 Å². The number of hydrogen-bond acceptors (Lipinski definition) is 5. The Hall–Kier alpha value is -4.00. The van der Waals surface area contributed by atoms with Crippen LogP contribution in [0.15, 0.2) is 66.5 Å². The van der Waals surface area contributed by atoms with Crippen molar-refractivity contribution in [3.05, 3.63) is 100 Å². The zero-order valence-electron chi connectivity index (χ0n) is 20.1. The number of Topliss-reactive ketones (excluding diaryl/α,β-unsaturated/α-hetero) is 1. The number of amides is 1. The first-order chi connectivity index (χ1) is 16.7. The molecule has 0 radical (unpaired) electrons. The van der Waals surface area contributed by atoms with Gasteiger partial charge in [0.1, 0.15) is 17.3 Å². The van der Waals surface area contributed by atoms with Crippen LogP contribution in [0.25, 0.3) is 5.76 Å². The lowest BCUT2D eigenvalue weighted by atomic mass is 9.91. The summed E-state index contributed by atoms with van der Waals surface area (Å²) in [7, 11) is 1.58. The van der Waals surface area contributed by atoms with Crippen LogP contribution < -0.4 is 4.74 Å². The number of aryl methyl sites for hydroxylation is 1. The summed E-state index contributed by atoms with van der Waals surface area (Å²) in [6.07, 6.45) is 3.21. The molecule has 1 aromatic heterocycles. The molecule has 1 fully saturated rings. The average molecular weight is 475 g/mol. The van der Waals surface area contributed by atoms with E-state index in [-0.39, 0.29) is 23.8 Å². The number of ketones is 1. The maximum atomic E-state index is 13.7. The number of aromatic nitrogens is 1. The highest BCUT2D eigenvalue weighted by Crippen LogP contribution is 2.42. The third-order valence-electron chi connectivity index (χ3n) is 6.28. The summed E-state index contributed by atoms with van der Waals surface area (Å²) in [6.45, 7) is 5.94. The van der Waals surface area contributed by atoms with Crippen molar-refractivity contribution in [1.82, 2.24) is 9.88 Å². The lowest BCUT2D eigenvalue weighted by molar-refractivity contribution is -0.140. The largest absolute Gasteiger partial charge is 0.507 e. The van der Waals surface area contributed by atoms with Gasteiger partial charge < -0.3 is 14.7 Å². The molecule has 0 bridgehead atoms. The molecule has 1 amide bonds. The number of ether oxygens (including phenoxy) is 1. The van der Waals surface area contributed by atoms with Gasteiger partial charge in [0.25, 0.3) is 11.7 Å². The Morgan fingerprint density at radius 1 is 1.11 bits per heavy atom. The lowest BCUT2D eigenvalue weighted by Gasteiger charge is -2.25. The molecule has 4 rings (SSSR count). The van der Waals surface area contributed by atoms with Gasteiger partial charge >= 0.3 is 0 Å². The maximum Gasteiger partial charge on any atom is 0.295 e. The quantitative estimate of drug-likeness (QED) is 0.299. The van der Waals surface area contributed by atoms with E-state index in [1.165, 1.54) is 29.2 Å². The predicted octanol–water partition coefficient (Wildman–Crippen LogP) is 5.28. The Labute approximate surface area is 203 Å². The second-order valence-corrected chi connectivity index (χ2v) is 8.90. The first kappa shape index (κ1) is 24.1. The van der Waals surface area contributed by atoms with Crippen LogP contribution in [0.5, 0.6) is 5.75 Å². The number of aliphatic hydroxyl groups is 1. The third kappa shape index (κ3) is 4.54. The van der Waals surface area contributed by atoms with Gasteiger partial charge in [0.05, 0.1) is 18.7 Å². The number of nitrogens with zero attached hydrogens (tertiary/aromatic N) is 2. The third-order valence-corrected chi connectivity index (χ3v) is 6.28. The summed E-state index contributed by atoms with van der Waals surface area (Å²) in [5.41, 5.74) is 3.28. The normalized spacial score (nSPS) is 17.3. The first-order valence-corrected chi connectivity index (χ1v) is 11.3. The van der Waals surface area contributed by atoms with Crippen LogP contribution in [0.4, 0.5) is 4.39 Å². The van der Waals surface area contributed by atoms with Crippen LogP contribution in [-0.2, 0) is 16.1 Å². The minimum atomic E-state index is -0.882. The van der Waals surface area contributed by atoms with Gasteiger partial charge in [-0.3, -0.25) is 14.6 Å². The molecule has 0 aliphatic carbocycles. The second-order valence-electron chi connectivity index (χ2n) is 8.90. The van der Waals surface area contributed by atoms with Crippen LogP contribution in [0, 0.1) is 12.7 Å². The fraction of sp³-hybridized carbons (Fsp3) is 0.250. The Morgan fingerprint density at radius 2 is 1.77 bits per heavy atom. The topological polar surface area (TPSA) is 79.7 Å². The molecule has 1 N–H and O–H groups in total. The highest BCUT2D eigenvalue weighted by atomic mass is 19.1. The number of methoxy groups -OCH3 is 1. The van der Waals surface area contributed by atoms with Crippen molar-refractivity contribution in [2.45, 2.75) is 39.3 Å². The van der Waals surface area contributed by atoms with Crippen molar-refractivity contribution >= 4 is 17.4 Å². The summed E-state index contributed by atoms with van der Waals surface area (Å²) in [5, 5.41) is 11.5. The average Bonchev–Trinajstić information content (AvgIpc) is 3.09. The minimum absolute atomic E-state index is 0.0290. The summed E-state index contributed by atoms with van der Waals surface area (Å²) < 4.78 is 19.2. The fourth-order valence-electron chi connectivity index (χ4n) is 4.45. The number of rotatable bonds is 6. The monoisotopic (exact) mass is 474 g/mol. The predicted molar refractivity (Wildman–Crippen MR) is 130 cm³/mol. The van der Waals surface area contributed by atoms with Crippen molar-refractivity contribution in [3.63, 3.8) is 0 Å². The van der Waals surface area contributed by atoms with Crippen LogP contribution in [-0.4, -0.2) is 33.8 Å². The minimum Gasteiger partial charge on any atom is -0.507 e. The number of carbonyl (C=O) groups excluding carboxylic acids is 2. The molecule has 2 heterocycles. The van der Waals surface area contributed by atoms with E-state index >= 15 is 0 Å². The van der Waals surface area contributed by atoms with E-state index in [0.717, 1.165) is 11.1 Å². The highest BCUT2D eigenvalue weighted by molar-refractivity contribution is 6.46. The molecule has 1 atom stereocenters. The van der Waals surface area contributed by atoms with E-state index in [2.05, 4.69) is 4.98 Å². The molecule has 7 heteroatoms. The molecular weight excluding hydrogens is 447 g/mol. The molecular formula is C28H27FN2O4. The standard InChI is InChI=1S/C28H27FN2O4/c1-16(2)21-14-22(17(3)13-23(21)35-4)26(32)24-25(19-5-7-20(29)8-6-19)31(28(34)27(24)33)15-18-9-11-30-12-10-18/h5-14,16,25,32H,15H2,1-4H3/b26-24+. The molecule has 2 aromatic carbocycles. The fourth-order valence-corrected chi connectivity index (χ4v) is 4.45. The molecule has 35 heavy (non-hydrogen) atoms. The highest BCUT2D eigenvalue weighted by Gasteiger charge is 2.46. The van der Waals surface area contributed by atoms with Crippen LogP contribution >= 0.6 is 0 Å². The summed E-state index contributed by atoms with van der Waals surface area (Å²) >= 11 is 0. The van der Waals surface area contributed by atoms with Gasteiger partial charge in [-0.25, -0.2) is 4.39 Å². The van der Waals surface area contributed by atoms with Gasteiger partial charge in [0.15, 0.2) is 0 Å². The number of likely N-dealkylation sites (tertiary alicyclic amines) is 1. The van der Waals surface area contributed by atoms with Gasteiger partial charge in [-0.2, -0.15) is 0 Å². The second kappa shape index (κ2) is 9.70. The number of pyridine rings is 1. The van der Waals surface area contributed by atoms with E-state index in [4.69, 9.17) is 4.74 Å². The van der Waals surface area contributed by atoms with Crippen LogP contribution in [0.3, 0.4) is 0 Å². The number of benzene rings is 2. The Morgan fingerprint density at radius 3 is 2.37 bits per heavy atom. The van der Waals surface area contributed by atoms with Gasteiger partial charge in [0.2, 0.25) is 0 Å². The number of aliphatic hydroxyl groups excluding tert-OH is 1. The van der Waals surface area contributed by atoms with Gasteiger partial charge in [-0.15, -0.1) is 0 Å². The lowest BCUT2D eigenvalue weighted by Crippen LogP contribution is -2.29. The number of halogens is 1. The molecule has 1 aliphatic heterocycles. The summed E-state index contributed by atoms with van der Waals surface area (Å²) in [5.74, 6) is -1.44. The van der Waals surface area contributed by atoms with Crippen molar-refractivity contribution in [3.8, 4) is 5.75 Å². The summed E-state index contributed by atoms with van der Waals surface area (Å²) in [6, 6.07) is 11.8. The van der Waals surface area contributed by atoms with E-state index in [1.54, 1.807) is 37.7 Å². The molecule has 1 saturated heterocycles. The van der Waals surface area contributed by atoms with Crippen molar-refractivity contribution in [2.75, 3.05) is 7.11 Å². The SMILES string of the molecule is COc1cc(C)c(/C(O)=C2\C(=O)C(=O)N(Cc3ccncc3)C2c2ccc(F)cc2)cc1C(C)C. The Balaban J connectivity index is 1.91. The van der Waals surface area contributed by atoms with Crippen molar-refractivity contribution in [2.24, 2.45) is 0 Å². The first-order valence-electron chi connectivity index (χ1n) is 11.3. The number of hydrogen-bond donors (Lipinski definition) is 1. The Kier molecular flexibility index (Phi) is 6.69. The van der Waals surface area contributed by atoms with Gasteiger partial charge in [-0.05, 0) is 71.5 Å². The van der Waals surface area contributed by atoms with Crippen LogP contribution in [0.2, 0.25) is 0 Å². The molecule has 1 aliphatic rings. The molecule has 0 saturated carbocycles. The Bertz CT molecular complexity index is 1300. The smallest absolute Gasteiger partial charge is 0.295 e. The van der Waals surface area contributed by atoms with E-state index in [9.17, 15) is 19.1 Å². The van der Waals surface area contributed by atoms with Gasteiger partial charge in [0, 0.05) is 24.5 Å². The molecule has 3 aromatic rings. The zero-order valence-corrected chi connectivity index (χ0v) is 20.1. The zero-order chi connectivity index (χ0) is 25.3.